The summed E-state index contributed by atoms with van der Waals surface area (Å²) >= 11 is 6.00. The molecule has 5 heteroatoms. The SMILES string of the molecule is COc1ccc(C(CCNCCc2ccc(Cl)cc2)N2CCN(C3CCCCC3)CC2)cc1. The summed E-state index contributed by atoms with van der Waals surface area (Å²) in [5.74, 6) is 0.931. The van der Waals surface area contributed by atoms with Crippen LogP contribution in [0.3, 0.4) is 0 Å². The van der Waals surface area contributed by atoms with Gasteiger partial charge in [0, 0.05) is 43.3 Å². The van der Waals surface area contributed by atoms with Gasteiger partial charge in [0.25, 0.3) is 0 Å². The van der Waals surface area contributed by atoms with Crippen molar-refractivity contribution in [1.82, 2.24) is 15.1 Å². The molecule has 4 nitrogen and oxygen atoms in total. The molecule has 2 aliphatic rings. The summed E-state index contributed by atoms with van der Waals surface area (Å²) in [6.07, 6.45) is 9.23. The van der Waals surface area contributed by atoms with Crippen molar-refractivity contribution in [3.63, 3.8) is 0 Å². The lowest BCUT2D eigenvalue weighted by atomic mass is 9.93. The summed E-state index contributed by atoms with van der Waals surface area (Å²) in [5.41, 5.74) is 2.74. The van der Waals surface area contributed by atoms with E-state index in [1.165, 1.54) is 56.3 Å². The zero-order chi connectivity index (χ0) is 22.9. The first kappa shape index (κ1) is 24.5. The first-order valence-corrected chi connectivity index (χ1v) is 13.2. The number of halogens is 1. The second-order valence-corrected chi connectivity index (χ2v) is 10.0. The summed E-state index contributed by atoms with van der Waals surface area (Å²) < 4.78 is 5.40. The van der Waals surface area contributed by atoms with Gasteiger partial charge in [-0.3, -0.25) is 9.80 Å². The maximum absolute atomic E-state index is 6.00. The molecular weight excluding hydrogens is 430 g/mol. The molecule has 0 spiro atoms. The van der Waals surface area contributed by atoms with E-state index in [4.69, 9.17) is 16.3 Å². The molecule has 1 atom stereocenters. The predicted octanol–water partition coefficient (Wildman–Crippen LogP) is 5.56. The Kier molecular flexibility index (Phi) is 9.48. The third kappa shape index (κ3) is 7.19. The zero-order valence-electron chi connectivity index (χ0n) is 20.1. The fourth-order valence-corrected chi connectivity index (χ4v) is 5.62. The molecule has 2 fully saturated rings. The van der Waals surface area contributed by atoms with Crippen LogP contribution in [0, 0.1) is 0 Å². The second-order valence-electron chi connectivity index (χ2n) is 9.57. The van der Waals surface area contributed by atoms with E-state index >= 15 is 0 Å². The normalized spacial score (nSPS) is 19.5. The van der Waals surface area contributed by atoms with Crippen molar-refractivity contribution in [3.8, 4) is 5.75 Å². The molecule has 1 saturated heterocycles. The van der Waals surface area contributed by atoms with Gasteiger partial charge < -0.3 is 10.1 Å². The highest BCUT2D eigenvalue weighted by Gasteiger charge is 2.28. The summed E-state index contributed by atoms with van der Waals surface area (Å²) in [5, 5.41) is 4.48. The van der Waals surface area contributed by atoms with E-state index in [9.17, 15) is 0 Å². The smallest absolute Gasteiger partial charge is 0.118 e. The van der Waals surface area contributed by atoms with Crippen molar-refractivity contribution >= 4 is 11.6 Å². The van der Waals surface area contributed by atoms with E-state index in [1.807, 2.05) is 12.1 Å². The van der Waals surface area contributed by atoms with Crippen molar-refractivity contribution in [2.45, 2.75) is 57.0 Å². The third-order valence-corrected chi connectivity index (χ3v) is 7.73. The van der Waals surface area contributed by atoms with Crippen LogP contribution >= 0.6 is 11.6 Å². The molecule has 0 aromatic heterocycles. The van der Waals surface area contributed by atoms with E-state index in [1.54, 1.807) is 7.11 Å². The van der Waals surface area contributed by atoms with Gasteiger partial charge in [-0.1, -0.05) is 55.1 Å². The first-order valence-electron chi connectivity index (χ1n) is 12.8. The van der Waals surface area contributed by atoms with Gasteiger partial charge in [-0.05, 0) is 74.2 Å². The van der Waals surface area contributed by atoms with Gasteiger partial charge >= 0.3 is 0 Å². The highest BCUT2D eigenvalue weighted by Crippen LogP contribution is 2.29. The largest absolute Gasteiger partial charge is 0.497 e. The Labute approximate surface area is 205 Å². The van der Waals surface area contributed by atoms with Crippen molar-refractivity contribution in [3.05, 3.63) is 64.7 Å². The van der Waals surface area contributed by atoms with Crippen molar-refractivity contribution in [2.75, 3.05) is 46.4 Å². The Morgan fingerprint density at radius 3 is 2.27 bits per heavy atom. The van der Waals surface area contributed by atoms with Crippen LogP contribution in [-0.2, 0) is 6.42 Å². The minimum atomic E-state index is 0.451. The summed E-state index contributed by atoms with van der Waals surface area (Å²) in [6, 6.07) is 18.2. The van der Waals surface area contributed by atoms with Crippen LogP contribution in [0.25, 0.3) is 0 Å². The Morgan fingerprint density at radius 2 is 1.61 bits per heavy atom. The molecule has 2 aromatic rings. The standard InChI is InChI=1S/C28H40ClN3O/c1-33-27-13-9-24(10-14-27)28(16-18-30-17-15-23-7-11-25(29)12-8-23)32-21-19-31(20-22-32)26-5-3-2-4-6-26/h7-14,26,28,30H,2-6,15-22H2,1H3. The van der Waals surface area contributed by atoms with Gasteiger partial charge in [0.05, 0.1) is 7.11 Å². The fraction of sp³-hybridized carbons (Fsp3) is 0.571. The van der Waals surface area contributed by atoms with Crippen LogP contribution in [0.2, 0.25) is 5.02 Å². The van der Waals surface area contributed by atoms with E-state index in [2.05, 4.69) is 51.5 Å². The maximum Gasteiger partial charge on any atom is 0.118 e. The molecule has 1 unspecified atom stereocenters. The van der Waals surface area contributed by atoms with Crippen molar-refractivity contribution in [1.29, 1.82) is 0 Å². The Morgan fingerprint density at radius 1 is 0.909 bits per heavy atom. The maximum atomic E-state index is 6.00. The van der Waals surface area contributed by atoms with Crippen LogP contribution in [-0.4, -0.2) is 62.2 Å². The number of hydrogen-bond donors (Lipinski definition) is 1. The molecule has 180 valence electrons. The molecule has 0 bridgehead atoms. The summed E-state index contributed by atoms with van der Waals surface area (Å²) in [7, 11) is 1.74. The molecule has 1 heterocycles. The summed E-state index contributed by atoms with van der Waals surface area (Å²) in [6.45, 7) is 6.76. The molecule has 1 aliphatic carbocycles. The number of benzene rings is 2. The second kappa shape index (κ2) is 12.8. The first-order chi connectivity index (χ1) is 16.2. The lowest BCUT2D eigenvalue weighted by molar-refractivity contribution is 0.0538. The van der Waals surface area contributed by atoms with Crippen LogP contribution in [0.4, 0.5) is 0 Å². The molecule has 0 amide bonds. The molecule has 0 radical (unpaired) electrons. The van der Waals surface area contributed by atoms with Crippen molar-refractivity contribution in [2.24, 2.45) is 0 Å². The van der Waals surface area contributed by atoms with Gasteiger partial charge in [-0.15, -0.1) is 0 Å². The van der Waals surface area contributed by atoms with Gasteiger partial charge in [0.2, 0.25) is 0 Å². The molecule has 33 heavy (non-hydrogen) atoms. The average Bonchev–Trinajstić information content (AvgIpc) is 2.88. The summed E-state index contributed by atoms with van der Waals surface area (Å²) in [4.78, 5) is 5.48. The van der Waals surface area contributed by atoms with Crippen molar-refractivity contribution < 1.29 is 4.74 Å². The number of piperazine rings is 1. The third-order valence-electron chi connectivity index (χ3n) is 7.48. The lowest BCUT2D eigenvalue weighted by Gasteiger charge is -2.43. The van der Waals surface area contributed by atoms with Gasteiger partial charge in [-0.2, -0.15) is 0 Å². The predicted molar refractivity (Wildman–Crippen MR) is 138 cm³/mol. The minimum absolute atomic E-state index is 0.451. The number of ether oxygens (including phenoxy) is 1. The van der Waals surface area contributed by atoms with E-state index in [0.717, 1.165) is 55.8 Å². The Balaban J connectivity index is 1.30. The minimum Gasteiger partial charge on any atom is -0.497 e. The fourth-order valence-electron chi connectivity index (χ4n) is 5.49. The number of nitrogens with one attached hydrogen (secondary N) is 1. The average molecular weight is 470 g/mol. The highest BCUT2D eigenvalue weighted by atomic mass is 35.5. The lowest BCUT2D eigenvalue weighted by Crippen LogP contribution is -2.51. The van der Waals surface area contributed by atoms with E-state index in [0.29, 0.717) is 6.04 Å². The molecule has 4 rings (SSSR count). The quantitative estimate of drug-likeness (QED) is 0.461. The Hall–Kier alpha value is -1.59. The number of rotatable bonds is 10. The van der Waals surface area contributed by atoms with Gasteiger partial charge in [0.1, 0.15) is 5.75 Å². The van der Waals surface area contributed by atoms with Gasteiger partial charge in [0.15, 0.2) is 0 Å². The Bertz CT molecular complexity index is 812. The monoisotopic (exact) mass is 469 g/mol. The van der Waals surface area contributed by atoms with Crippen LogP contribution in [0.5, 0.6) is 5.75 Å². The van der Waals surface area contributed by atoms with E-state index in [-0.39, 0.29) is 0 Å². The zero-order valence-corrected chi connectivity index (χ0v) is 20.9. The number of methoxy groups -OCH3 is 1. The van der Waals surface area contributed by atoms with Crippen LogP contribution in [0.1, 0.15) is 55.7 Å². The van der Waals surface area contributed by atoms with E-state index < -0.39 is 0 Å². The van der Waals surface area contributed by atoms with Crippen LogP contribution in [0.15, 0.2) is 48.5 Å². The number of nitrogens with zero attached hydrogens (tertiary/aromatic N) is 2. The molecule has 1 aliphatic heterocycles. The number of hydrogen-bond acceptors (Lipinski definition) is 4. The van der Waals surface area contributed by atoms with Gasteiger partial charge in [-0.25, -0.2) is 0 Å². The molecule has 1 saturated carbocycles. The highest BCUT2D eigenvalue weighted by molar-refractivity contribution is 6.30. The molecule has 2 aromatic carbocycles. The van der Waals surface area contributed by atoms with Crippen LogP contribution < -0.4 is 10.1 Å². The molecule has 1 N–H and O–H groups in total. The topological polar surface area (TPSA) is 27.7 Å². The molecular formula is C28H40ClN3O.